The van der Waals surface area contributed by atoms with Gasteiger partial charge in [-0.05, 0) is 43.9 Å². The molecule has 0 aliphatic carbocycles. The number of aryl methyl sites for hydroxylation is 1. The Morgan fingerprint density at radius 2 is 2.04 bits per heavy atom. The summed E-state index contributed by atoms with van der Waals surface area (Å²) >= 11 is 0. The second-order valence-corrected chi connectivity index (χ2v) is 7.07. The molecule has 0 radical (unpaired) electrons. The molecule has 1 unspecified atom stereocenters. The van der Waals surface area contributed by atoms with Crippen molar-refractivity contribution in [3.05, 3.63) is 35.9 Å². The molecular weight excluding hydrogens is 300 g/mol. The van der Waals surface area contributed by atoms with Crippen molar-refractivity contribution in [1.29, 1.82) is 0 Å². The zero-order valence-corrected chi connectivity index (χ0v) is 14.4. The number of hydrogen-bond acceptors (Lipinski definition) is 4. The second kappa shape index (κ2) is 7.08. The Balaban J connectivity index is 1.37. The molecule has 1 aromatic heterocycles. The summed E-state index contributed by atoms with van der Waals surface area (Å²) in [6.07, 6.45) is 3.71. The number of nitrogens with zero attached hydrogens (tertiary/aromatic N) is 2. The van der Waals surface area contributed by atoms with Gasteiger partial charge in [0, 0.05) is 31.0 Å². The minimum Gasteiger partial charge on any atom is -0.381 e. The van der Waals surface area contributed by atoms with E-state index in [4.69, 9.17) is 14.5 Å². The van der Waals surface area contributed by atoms with Gasteiger partial charge in [-0.2, -0.15) is 0 Å². The van der Waals surface area contributed by atoms with Crippen molar-refractivity contribution in [2.45, 2.75) is 32.3 Å². The van der Waals surface area contributed by atoms with E-state index in [1.807, 2.05) is 0 Å². The zero-order valence-electron chi connectivity index (χ0n) is 14.4. The molecule has 1 aromatic carbocycles. The Kier molecular flexibility index (Phi) is 4.67. The zero-order chi connectivity index (χ0) is 16.4. The second-order valence-electron chi connectivity index (χ2n) is 7.07. The van der Waals surface area contributed by atoms with Crippen molar-refractivity contribution in [2.75, 3.05) is 37.8 Å². The van der Waals surface area contributed by atoms with Crippen molar-refractivity contribution in [3.63, 3.8) is 0 Å². The van der Waals surface area contributed by atoms with Crippen LogP contribution in [0.25, 0.3) is 10.9 Å². The van der Waals surface area contributed by atoms with Gasteiger partial charge in [-0.25, -0.2) is 4.98 Å². The van der Waals surface area contributed by atoms with Crippen LogP contribution in [-0.4, -0.2) is 44.0 Å². The molecule has 3 heterocycles. The Hall–Kier alpha value is -1.65. The lowest BCUT2D eigenvalue weighted by Gasteiger charge is -2.34. The van der Waals surface area contributed by atoms with E-state index in [0.29, 0.717) is 12.0 Å². The number of pyridine rings is 1. The number of rotatable bonds is 4. The van der Waals surface area contributed by atoms with Crippen LogP contribution in [0.2, 0.25) is 0 Å². The number of aromatic nitrogens is 1. The van der Waals surface area contributed by atoms with Crippen LogP contribution in [-0.2, 0) is 9.47 Å². The molecule has 1 atom stereocenters. The van der Waals surface area contributed by atoms with E-state index in [2.05, 4.69) is 42.2 Å². The predicted molar refractivity (Wildman–Crippen MR) is 96.6 cm³/mol. The molecular formula is C20H26N2O2. The summed E-state index contributed by atoms with van der Waals surface area (Å²) in [4.78, 5) is 7.32. The monoisotopic (exact) mass is 326 g/mol. The molecule has 0 amide bonds. The number of para-hydroxylation sites is 1. The van der Waals surface area contributed by atoms with Gasteiger partial charge in [0.15, 0.2) is 0 Å². The normalized spacial score (nSPS) is 22.4. The van der Waals surface area contributed by atoms with Gasteiger partial charge >= 0.3 is 0 Å². The van der Waals surface area contributed by atoms with Crippen molar-refractivity contribution in [2.24, 2.45) is 5.92 Å². The third kappa shape index (κ3) is 3.40. The van der Waals surface area contributed by atoms with Gasteiger partial charge in [-0.1, -0.05) is 18.2 Å². The summed E-state index contributed by atoms with van der Waals surface area (Å²) in [7, 11) is 0. The molecule has 2 saturated heterocycles. The molecule has 0 saturated carbocycles. The van der Waals surface area contributed by atoms with E-state index in [1.54, 1.807) is 0 Å². The topological polar surface area (TPSA) is 34.6 Å². The number of fused-ring (bicyclic) bond motifs is 1. The Labute approximate surface area is 143 Å². The van der Waals surface area contributed by atoms with Crippen LogP contribution in [0.4, 0.5) is 5.82 Å². The molecule has 0 N–H and O–H groups in total. The van der Waals surface area contributed by atoms with E-state index in [-0.39, 0.29) is 0 Å². The molecule has 4 heteroatoms. The highest BCUT2D eigenvalue weighted by atomic mass is 16.5. The highest BCUT2D eigenvalue weighted by molar-refractivity contribution is 5.81. The number of anilines is 1. The number of benzene rings is 1. The largest absolute Gasteiger partial charge is 0.381 e. The molecule has 2 aromatic rings. The first-order valence-corrected chi connectivity index (χ1v) is 9.10. The highest BCUT2D eigenvalue weighted by Crippen LogP contribution is 2.26. The molecule has 128 valence electrons. The van der Waals surface area contributed by atoms with Crippen molar-refractivity contribution in [1.82, 2.24) is 4.98 Å². The fraction of sp³-hybridized carbons (Fsp3) is 0.550. The van der Waals surface area contributed by atoms with E-state index in [0.717, 1.165) is 63.5 Å². The first kappa shape index (κ1) is 15.9. The summed E-state index contributed by atoms with van der Waals surface area (Å²) in [5.41, 5.74) is 2.34. The van der Waals surface area contributed by atoms with Crippen molar-refractivity contribution in [3.8, 4) is 0 Å². The number of piperidine rings is 1. The summed E-state index contributed by atoms with van der Waals surface area (Å²) in [6, 6.07) is 10.6. The van der Waals surface area contributed by atoms with Gasteiger partial charge < -0.3 is 14.4 Å². The lowest BCUT2D eigenvalue weighted by atomic mass is 10.1. The molecule has 2 aliphatic rings. The molecule has 2 aliphatic heterocycles. The Morgan fingerprint density at radius 3 is 2.83 bits per heavy atom. The van der Waals surface area contributed by atoms with E-state index < -0.39 is 0 Å². The lowest BCUT2D eigenvalue weighted by molar-refractivity contribution is 0.0131. The van der Waals surface area contributed by atoms with E-state index in [1.165, 1.54) is 10.9 Å². The maximum absolute atomic E-state index is 6.12. The van der Waals surface area contributed by atoms with Gasteiger partial charge in [0.25, 0.3) is 0 Å². The third-order valence-electron chi connectivity index (χ3n) is 5.22. The highest BCUT2D eigenvalue weighted by Gasteiger charge is 2.24. The molecule has 0 bridgehead atoms. The molecule has 0 spiro atoms. The molecule has 4 rings (SSSR count). The average molecular weight is 326 g/mol. The van der Waals surface area contributed by atoms with Crippen molar-refractivity contribution < 1.29 is 9.47 Å². The smallest absolute Gasteiger partial charge is 0.132 e. The van der Waals surface area contributed by atoms with Crippen LogP contribution in [0.15, 0.2) is 30.3 Å². The Bertz CT molecular complexity index is 689. The van der Waals surface area contributed by atoms with Gasteiger partial charge in [0.2, 0.25) is 0 Å². The summed E-state index contributed by atoms with van der Waals surface area (Å²) < 4.78 is 11.5. The standard InChI is InChI=1S/C20H26N2O2/c1-15-12-17-4-2-3-5-19(17)21-20(15)22-9-6-18(7-10-22)24-14-16-8-11-23-13-16/h2-5,12,16,18H,6-11,13-14H2,1H3. The fourth-order valence-corrected chi connectivity index (χ4v) is 3.75. The van der Waals surface area contributed by atoms with Gasteiger partial charge in [0.05, 0.1) is 24.8 Å². The van der Waals surface area contributed by atoms with Crippen LogP contribution in [0, 0.1) is 12.8 Å². The minimum absolute atomic E-state index is 0.391. The van der Waals surface area contributed by atoms with E-state index >= 15 is 0 Å². The molecule has 4 nitrogen and oxygen atoms in total. The first-order valence-electron chi connectivity index (χ1n) is 9.10. The maximum atomic E-state index is 6.12. The SMILES string of the molecule is Cc1cc2ccccc2nc1N1CCC(OCC2CCOC2)CC1. The first-order chi connectivity index (χ1) is 11.8. The summed E-state index contributed by atoms with van der Waals surface area (Å²) in [6.45, 7) is 6.85. The quantitative estimate of drug-likeness (QED) is 0.860. The van der Waals surface area contributed by atoms with Crippen LogP contribution < -0.4 is 4.90 Å². The van der Waals surface area contributed by atoms with Crippen LogP contribution in [0.5, 0.6) is 0 Å². The van der Waals surface area contributed by atoms with Crippen LogP contribution >= 0.6 is 0 Å². The minimum atomic E-state index is 0.391. The van der Waals surface area contributed by atoms with Gasteiger partial charge in [-0.15, -0.1) is 0 Å². The molecule has 2 fully saturated rings. The summed E-state index contributed by atoms with van der Waals surface area (Å²) in [5, 5.41) is 1.22. The maximum Gasteiger partial charge on any atom is 0.132 e. The van der Waals surface area contributed by atoms with Crippen LogP contribution in [0.3, 0.4) is 0 Å². The average Bonchev–Trinajstić information content (AvgIpc) is 3.13. The fourth-order valence-electron chi connectivity index (χ4n) is 3.75. The number of ether oxygens (including phenoxy) is 2. The lowest BCUT2D eigenvalue weighted by Crippen LogP contribution is -2.38. The van der Waals surface area contributed by atoms with Gasteiger partial charge in [0.1, 0.15) is 5.82 Å². The third-order valence-corrected chi connectivity index (χ3v) is 5.22. The Morgan fingerprint density at radius 1 is 1.21 bits per heavy atom. The van der Waals surface area contributed by atoms with Gasteiger partial charge in [-0.3, -0.25) is 0 Å². The number of hydrogen-bond donors (Lipinski definition) is 0. The molecule has 24 heavy (non-hydrogen) atoms. The van der Waals surface area contributed by atoms with Crippen molar-refractivity contribution >= 4 is 16.7 Å². The van der Waals surface area contributed by atoms with Crippen LogP contribution in [0.1, 0.15) is 24.8 Å². The predicted octanol–water partition coefficient (Wildman–Crippen LogP) is 3.57. The van der Waals surface area contributed by atoms with E-state index in [9.17, 15) is 0 Å². The summed E-state index contributed by atoms with van der Waals surface area (Å²) in [5.74, 6) is 1.74.